The molecule has 0 spiro atoms. The van der Waals surface area contributed by atoms with Crippen LogP contribution in [0.4, 0.5) is 0 Å². The van der Waals surface area contributed by atoms with E-state index in [-0.39, 0.29) is 0 Å². The maximum atomic E-state index is 5.43. The first-order valence-electron chi connectivity index (χ1n) is 8.09. The van der Waals surface area contributed by atoms with E-state index in [4.69, 9.17) is 4.74 Å². The number of rotatable bonds is 3. The van der Waals surface area contributed by atoms with E-state index in [1.807, 2.05) is 18.2 Å². The van der Waals surface area contributed by atoms with Gasteiger partial charge >= 0.3 is 0 Å². The maximum absolute atomic E-state index is 5.43. The molecular weight excluding hydrogens is 294 g/mol. The summed E-state index contributed by atoms with van der Waals surface area (Å²) in [5.41, 5.74) is 7.15. The summed E-state index contributed by atoms with van der Waals surface area (Å²) in [5, 5.41) is 1.27. The Morgan fingerprint density at radius 2 is 1.54 bits per heavy atom. The summed E-state index contributed by atoms with van der Waals surface area (Å²) in [6.07, 6.45) is 0. The second-order valence-electron chi connectivity index (χ2n) is 5.97. The van der Waals surface area contributed by atoms with Gasteiger partial charge in [-0.05, 0) is 41.8 Å². The second-order valence-corrected chi connectivity index (χ2v) is 5.97. The van der Waals surface area contributed by atoms with Crippen LogP contribution >= 0.6 is 0 Å². The van der Waals surface area contributed by atoms with Crippen molar-refractivity contribution < 1.29 is 4.74 Å². The van der Waals surface area contributed by atoms with E-state index in [0.717, 1.165) is 22.5 Å². The molecule has 1 aromatic heterocycles. The molecule has 1 heterocycles. The van der Waals surface area contributed by atoms with Crippen molar-refractivity contribution in [3.05, 3.63) is 78.4 Å². The highest BCUT2D eigenvalue weighted by atomic mass is 16.5. The van der Waals surface area contributed by atoms with Gasteiger partial charge < -0.3 is 9.72 Å². The number of aromatic amines is 1. The van der Waals surface area contributed by atoms with Crippen molar-refractivity contribution in [1.82, 2.24) is 4.98 Å². The fourth-order valence-corrected chi connectivity index (χ4v) is 3.31. The van der Waals surface area contributed by atoms with Crippen LogP contribution in [-0.2, 0) is 0 Å². The Bertz CT molecular complexity index is 999. The minimum atomic E-state index is 0.870. The third kappa shape index (κ3) is 2.37. The van der Waals surface area contributed by atoms with Crippen LogP contribution in [0.25, 0.3) is 33.3 Å². The number of fused-ring (bicyclic) bond motifs is 1. The topological polar surface area (TPSA) is 25.0 Å². The molecule has 0 aliphatic rings. The molecule has 0 saturated carbocycles. The molecule has 0 amide bonds. The summed E-state index contributed by atoms with van der Waals surface area (Å²) in [4.78, 5) is 3.62. The van der Waals surface area contributed by atoms with Crippen LogP contribution < -0.4 is 4.74 Å². The van der Waals surface area contributed by atoms with Gasteiger partial charge in [0.25, 0.3) is 0 Å². The monoisotopic (exact) mass is 313 g/mol. The Morgan fingerprint density at radius 1 is 0.792 bits per heavy atom. The van der Waals surface area contributed by atoms with Crippen LogP contribution in [-0.4, -0.2) is 12.1 Å². The highest BCUT2D eigenvalue weighted by Crippen LogP contribution is 2.40. The number of benzene rings is 3. The first kappa shape index (κ1) is 14.6. The smallest absolute Gasteiger partial charge is 0.119 e. The zero-order chi connectivity index (χ0) is 16.5. The zero-order valence-corrected chi connectivity index (χ0v) is 13.8. The standard InChI is InChI=1S/C22H19NO/c1-15-8-6-13-19-20(15)21(17-11-7-12-18(14-17)24-2)22(23-19)16-9-4-3-5-10-16/h3-14,23H,1-2H3. The fourth-order valence-electron chi connectivity index (χ4n) is 3.31. The number of hydrogen-bond acceptors (Lipinski definition) is 1. The van der Waals surface area contributed by atoms with Gasteiger partial charge in [0, 0.05) is 16.5 Å². The van der Waals surface area contributed by atoms with Gasteiger partial charge in [0.15, 0.2) is 0 Å². The van der Waals surface area contributed by atoms with Crippen molar-refractivity contribution in [1.29, 1.82) is 0 Å². The average molecular weight is 313 g/mol. The Hall–Kier alpha value is -3.00. The summed E-state index contributed by atoms with van der Waals surface area (Å²) in [6, 6.07) is 25.1. The summed E-state index contributed by atoms with van der Waals surface area (Å²) in [7, 11) is 1.71. The lowest BCUT2D eigenvalue weighted by atomic mass is 9.96. The number of H-pyrrole nitrogens is 1. The third-order valence-corrected chi connectivity index (χ3v) is 4.45. The van der Waals surface area contributed by atoms with Crippen LogP contribution in [0.5, 0.6) is 5.75 Å². The van der Waals surface area contributed by atoms with Crippen LogP contribution in [0, 0.1) is 6.92 Å². The molecular formula is C22H19NO. The Balaban J connectivity index is 2.08. The number of aryl methyl sites for hydroxylation is 1. The van der Waals surface area contributed by atoms with Gasteiger partial charge in [0.1, 0.15) is 5.75 Å². The molecule has 0 fully saturated rings. The van der Waals surface area contributed by atoms with Crippen LogP contribution in [0.15, 0.2) is 72.8 Å². The summed E-state index contributed by atoms with van der Waals surface area (Å²) >= 11 is 0. The van der Waals surface area contributed by atoms with Crippen molar-refractivity contribution in [3.8, 4) is 28.1 Å². The Kier molecular flexibility index (Phi) is 3.58. The number of nitrogens with one attached hydrogen (secondary N) is 1. The summed E-state index contributed by atoms with van der Waals surface area (Å²) < 4.78 is 5.43. The van der Waals surface area contributed by atoms with Crippen LogP contribution in [0.3, 0.4) is 0 Å². The van der Waals surface area contributed by atoms with Gasteiger partial charge in [-0.15, -0.1) is 0 Å². The zero-order valence-electron chi connectivity index (χ0n) is 13.8. The van der Waals surface area contributed by atoms with Gasteiger partial charge in [-0.25, -0.2) is 0 Å². The fraction of sp³-hybridized carbons (Fsp3) is 0.0909. The molecule has 118 valence electrons. The highest BCUT2D eigenvalue weighted by molar-refractivity contribution is 6.05. The maximum Gasteiger partial charge on any atom is 0.119 e. The van der Waals surface area contributed by atoms with E-state index in [1.54, 1.807) is 7.11 Å². The van der Waals surface area contributed by atoms with E-state index >= 15 is 0 Å². The molecule has 0 saturated heterocycles. The normalized spacial score (nSPS) is 10.9. The molecule has 0 radical (unpaired) electrons. The van der Waals surface area contributed by atoms with Gasteiger partial charge in [-0.3, -0.25) is 0 Å². The number of hydrogen-bond donors (Lipinski definition) is 1. The predicted octanol–water partition coefficient (Wildman–Crippen LogP) is 5.82. The first-order valence-corrected chi connectivity index (χ1v) is 8.09. The average Bonchev–Trinajstić information content (AvgIpc) is 3.03. The largest absolute Gasteiger partial charge is 0.497 e. The second kappa shape index (κ2) is 5.89. The van der Waals surface area contributed by atoms with Crippen LogP contribution in [0.1, 0.15) is 5.56 Å². The van der Waals surface area contributed by atoms with Gasteiger partial charge in [-0.1, -0.05) is 54.6 Å². The van der Waals surface area contributed by atoms with Crippen LogP contribution in [0.2, 0.25) is 0 Å². The first-order chi connectivity index (χ1) is 11.8. The van der Waals surface area contributed by atoms with Crippen molar-refractivity contribution in [2.75, 3.05) is 7.11 Å². The molecule has 2 nitrogen and oxygen atoms in total. The molecule has 0 atom stereocenters. The van der Waals surface area contributed by atoms with Gasteiger partial charge in [0.2, 0.25) is 0 Å². The molecule has 4 rings (SSSR count). The number of methoxy groups -OCH3 is 1. The predicted molar refractivity (Wildman–Crippen MR) is 100 cm³/mol. The molecule has 3 aromatic carbocycles. The SMILES string of the molecule is COc1cccc(-c2c(-c3ccccc3)[nH]c3cccc(C)c23)c1. The molecule has 0 unspecified atom stereocenters. The number of aromatic nitrogens is 1. The van der Waals surface area contributed by atoms with Gasteiger partial charge in [0.05, 0.1) is 12.8 Å². The Morgan fingerprint density at radius 3 is 2.33 bits per heavy atom. The highest BCUT2D eigenvalue weighted by Gasteiger charge is 2.16. The summed E-state index contributed by atoms with van der Waals surface area (Å²) in [5.74, 6) is 0.870. The summed E-state index contributed by atoms with van der Waals surface area (Å²) in [6.45, 7) is 2.16. The third-order valence-electron chi connectivity index (χ3n) is 4.45. The van der Waals surface area contributed by atoms with Crippen molar-refractivity contribution in [2.45, 2.75) is 6.92 Å². The van der Waals surface area contributed by atoms with E-state index in [0.29, 0.717) is 0 Å². The van der Waals surface area contributed by atoms with Gasteiger partial charge in [-0.2, -0.15) is 0 Å². The lowest BCUT2D eigenvalue weighted by Crippen LogP contribution is -1.86. The quantitative estimate of drug-likeness (QED) is 0.506. The minimum absolute atomic E-state index is 0.870. The molecule has 4 aromatic rings. The molecule has 0 aliphatic carbocycles. The Labute approximate surface area is 141 Å². The van der Waals surface area contributed by atoms with Crippen molar-refractivity contribution >= 4 is 10.9 Å². The van der Waals surface area contributed by atoms with Crippen molar-refractivity contribution in [3.63, 3.8) is 0 Å². The van der Waals surface area contributed by atoms with E-state index in [1.165, 1.54) is 22.1 Å². The van der Waals surface area contributed by atoms with E-state index < -0.39 is 0 Å². The van der Waals surface area contributed by atoms with E-state index in [9.17, 15) is 0 Å². The lowest BCUT2D eigenvalue weighted by Gasteiger charge is -2.08. The lowest BCUT2D eigenvalue weighted by molar-refractivity contribution is 0.415. The van der Waals surface area contributed by atoms with Crippen molar-refractivity contribution in [2.24, 2.45) is 0 Å². The molecule has 24 heavy (non-hydrogen) atoms. The molecule has 1 N–H and O–H groups in total. The number of ether oxygens (including phenoxy) is 1. The minimum Gasteiger partial charge on any atom is -0.497 e. The molecule has 2 heteroatoms. The molecule has 0 aliphatic heterocycles. The van der Waals surface area contributed by atoms with E-state index in [2.05, 4.69) is 66.5 Å². The molecule has 0 bridgehead atoms.